The third-order valence-electron chi connectivity index (χ3n) is 5.56. The molecule has 4 heterocycles. The average molecular weight is 379 g/mol. The van der Waals surface area contributed by atoms with Gasteiger partial charge in [0, 0.05) is 52.2 Å². The second kappa shape index (κ2) is 7.48. The lowest BCUT2D eigenvalue weighted by molar-refractivity contribution is -0.137. The number of carbonyl (C=O) groups is 2. The van der Waals surface area contributed by atoms with E-state index in [1.165, 1.54) is 11.3 Å². The second-order valence-electron chi connectivity index (χ2n) is 7.43. The number of hydrogen-bond donors (Lipinski definition) is 0. The van der Waals surface area contributed by atoms with E-state index < -0.39 is 0 Å². The van der Waals surface area contributed by atoms with Gasteiger partial charge in [0.25, 0.3) is 0 Å². The minimum Gasteiger partial charge on any atom is -0.346 e. The zero-order chi connectivity index (χ0) is 18.1. The molecule has 8 nitrogen and oxygen atoms in total. The van der Waals surface area contributed by atoms with Crippen molar-refractivity contribution in [1.29, 1.82) is 0 Å². The van der Waals surface area contributed by atoms with Crippen LogP contribution in [0.2, 0.25) is 0 Å². The molecule has 3 aliphatic rings. The number of piperidine rings is 1. The van der Waals surface area contributed by atoms with E-state index in [-0.39, 0.29) is 17.7 Å². The van der Waals surface area contributed by atoms with E-state index in [0.717, 1.165) is 63.7 Å². The second-order valence-corrected chi connectivity index (χ2v) is 8.36. The van der Waals surface area contributed by atoms with Gasteiger partial charge in [-0.05, 0) is 26.3 Å². The molecule has 9 heteroatoms. The molecule has 3 aliphatic heterocycles. The van der Waals surface area contributed by atoms with E-state index in [1.807, 2.05) is 4.90 Å². The standard InChI is InChI=1S/C17H26N6O2S/c1-20-8-10-21(11-9-20)15(25)13-4-2-6-22(12-13)16-18-19-17(26-16)23-7-3-5-14(23)24/h13H,2-12H2,1H3. The Balaban J connectivity index is 1.40. The first-order valence-electron chi connectivity index (χ1n) is 9.48. The Morgan fingerprint density at radius 2 is 1.81 bits per heavy atom. The van der Waals surface area contributed by atoms with Gasteiger partial charge in [-0.25, -0.2) is 0 Å². The highest BCUT2D eigenvalue weighted by molar-refractivity contribution is 7.19. The number of nitrogens with zero attached hydrogens (tertiary/aromatic N) is 6. The zero-order valence-corrected chi connectivity index (χ0v) is 16.1. The van der Waals surface area contributed by atoms with Gasteiger partial charge in [0.15, 0.2) is 0 Å². The van der Waals surface area contributed by atoms with Crippen LogP contribution in [0.3, 0.4) is 0 Å². The number of piperazine rings is 1. The number of amides is 2. The van der Waals surface area contributed by atoms with Crippen molar-refractivity contribution in [2.75, 3.05) is 62.7 Å². The Bertz CT molecular complexity index is 672. The predicted octanol–water partition coefficient (Wildman–Crippen LogP) is 0.655. The topological polar surface area (TPSA) is 72.9 Å². The third kappa shape index (κ3) is 3.55. The fraction of sp³-hybridized carbons (Fsp3) is 0.765. The molecule has 3 saturated heterocycles. The van der Waals surface area contributed by atoms with Gasteiger partial charge in [0.1, 0.15) is 0 Å². The number of rotatable bonds is 3. The number of aromatic nitrogens is 2. The SMILES string of the molecule is CN1CCN(C(=O)C2CCCN(c3nnc(N4CCCC4=O)s3)C2)CC1. The van der Waals surface area contributed by atoms with Crippen molar-refractivity contribution in [3.8, 4) is 0 Å². The molecule has 0 spiro atoms. The number of hydrogen-bond acceptors (Lipinski definition) is 7. The molecule has 0 saturated carbocycles. The first kappa shape index (κ1) is 17.7. The van der Waals surface area contributed by atoms with Gasteiger partial charge >= 0.3 is 0 Å². The van der Waals surface area contributed by atoms with Gasteiger partial charge in [-0.3, -0.25) is 14.5 Å². The van der Waals surface area contributed by atoms with Crippen LogP contribution in [-0.2, 0) is 9.59 Å². The van der Waals surface area contributed by atoms with Crippen LogP contribution < -0.4 is 9.80 Å². The van der Waals surface area contributed by atoms with Gasteiger partial charge in [-0.2, -0.15) is 0 Å². The van der Waals surface area contributed by atoms with Crippen LogP contribution in [0.5, 0.6) is 0 Å². The van der Waals surface area contributed by atoms with Crippen LogP contribution in [0, 0.1) is 5.92 Å². The Morgan fingerprint density at radius 1 is 1.04 bits per heavy atom. The molecule has 4 rings (SSSR count). The molecule has 1 aromatic rings. The van der Waals surface area contributed by atoms with Crippen molar-refractivity contribution in [3.05, 3.63) is 0 Å². The van der Waals surface area contributed by atoms with Crippen molar-refractivity contribution in [2.45, 2.75) is 25.7 Å². The summed E-state index contributed by atoms with van der Waals surface area (Å²) in [6.45, 7) is 5.89. The van der Waals surface area contributed by atoms with Gasteiger partial charge in [0.2, 0.25) is 22.1 Å². The van der Waals surface area contributed by atoms with E-state index in [9.17, 15) is 9.59 Å². The summed E-state index contributed by atoms with van der Waals surface area (Å²) in [7, 11) is 2.10. The average Bonchev–Trinajstić information content (AvgIpc) is 3.30. The Morgan fingerprint density at radius 3 is 2.54 bits per heavy atom. The van der Waals surface area contributed by atoms with Crippen LogP contribution in [0.1, 0.15) is 25.7 Å². The predicted molar refractivity (Wildman–Crippen MR) is 101 cm³/mol. The van der Waals surface area contributed by atoms with Crippen molar-refractivity contribution in [3.63, 3.8) is 0 Å². The summed E-state index contributed by atoms with van der Waals surface area (Å²) in [5.41, 5.74) is 0. The fourth-order valence-corrected chi connectivity index (χ4v) is 4.86. The molecule has 2 amide bonds. The Kier molecular flexibility index (Phi) is 5.08. The van der Waals surface area contributed by atoms with E-state index in [0.29, 0.717) is 18.1 Å². The van der Waals surface area contributed by atoms with Crippen molar-refractivity contribution >= 4 is 33.4 Å². The molecule has 0 aromatic carbocycles. The summed E-state index contributed by atoms with van der Waals surface area (Å²) in [6.07, 6.45) is 3.42. The molecular weight excluding hydrogens is 352 g/mol. The van der Waals surface area contributed by atoms with Crippen LogP contribution in [-0.4, -0.2) is 84.7 Å². The maximum Gasteiger partial charge on any atom is 0.228 e. The van der Waals surface area contributed by atoms with Crippen LogP contribution in [0.4, 0.5) is 10.3 Å². The fourth-order valence-electron chi connectivity index (χ4n) is 3.93. The van der Waals surface area contributed by atoms with Crippen LogP contribution in [0.25, 0.3) is 0 Å². The monoisotopic (exact) mass is 378 g/mol. The van der Waals surface area contributed by atoms with Crippen LogP contribution >= 0.6 is 11.3 Å². The van der Waals surface area contributed by atoms with Gasteiger partial charge in [-0.15, -0.1) is 10.2 Å². The molecule has 1 aromatic heterocycles. The number of carbonyl (C=O) groups excluding carboxylic acids is 2. The lowest BCUT2D eigenvalue weighted by atomic mass is 9.96. The third-order valence-corrected chi connectivity index (χ3v) is 6.57. The molecule has 26 heavy (non-hydrogen) atoms. The van der Waals surface area contributed by atoms with E-state index in [1.54, 1.807) is 4.90 Å². The summed E-state index contributed by atoms with van der Waals surface area (Å²) in [5, 5.41) is 10.0. The quantitative estimate of drug-likeness (QED) is 0.769. The van der Waals surface area contributed by atoms with E-state index >= 15 is 0 Å². The van der Waals surface area contributed by atoms with E-state index in [2.05, 4.69) is 27.0 Å². The normalized spacial score (nSPS) is 25.2. The van der Waals surface area contributed by atoms with Gasteiger partial charge < -0.3 is 14.7 Å². The lowest BCUT2D eigenvalue weighted by Gasteiger charge is -2.37. The molecular formula is C17H26N6O2S. The van der Waals surface area contributed by atoms with Crippen LogP contribution in [0.15, 0.2) is 0 Å². The number of anilines is 2. The molecule has 0 radical (unpaired) electrons. The minimum atomic E-state index is 0.0351. The molecule has 0 aliphatic carbocycles. The molecule has 3 fully saturated rings. The maximum atomic E-state index is 12.9. The Hall–Kier alpha value is -1.74. The molecule has 142 valence electrons. The maximum absolute atomic E-state index is 12.9. The smallest absolute Gasteiger partial charge is 0.228 e. The van der Waals surface area contributed by atoms with Gasteiger partial charge in [-0.1, -0.05) is 11.3 Å². The summed E-state index contributed by atoms with van der Waals surface area (Å²) in [5.74, 6) is 0.449. The summed E-state index contributed by atoms with van der Waals surface area (Å²) >= 11 is 1.47. The molecule has 0 bridgehead atoms. The van der Waals surface area contributed by atoms with Crippen molar-refractivity contribution in [2.24, 2.45) is 5.92 Å². The highest BCUT2D eigenvalue weighted by Crippen LogP contribution is 2.32. The van der Waals surface area contributed by atoms with Crippen molar-refractivity contribution in [1.82, 2.24) is 20.0 Å². The Labute approximate surface area is 157 Å². The first-order chi connectivity index (χ1) is 12.6. The summed E-state index contributed by atoms with van der Waals surface area (Å²) < 4.78 is 0. The van der Waals surface area contributed by atoms with Gasteiger partial charge in [0.05, 0.1) is 5.92 Å². The van der Waals surface area contributed by atoms with Crippen molar-refractivity contribution < 1.29 is 9.59 Å². The molecule has 1 atom stereocenters. The van der Waals surface area contributed by atoms with E-state index in [4.69, 9.17) is 0 Å². The highest BCUT2D eigenvalue weighted by atomic mass is 32.1. The highest BCUT2D eigenvalue weighted by Gasteiger charge is 2.32. The zero-order valence-electron chi connectivity index (χ0n) is 15.3. The first-order valence-corrected chi connectivity index (χ1v) is 10.3. The molecule has 0 N–H and O–H groups in total. The largest absolute Gasteiger partial charge is 0.346 e. The lowest BCUT2D eigenvalue weighted by Crippen LogP contribution is -2.51. The summed E-state index contributed by atoms with van der Waals surface area (Å²) in [4.78, 5) is 33.0. The minimum absolute atomic E-state index is 0.0351. The number of likely N-dealkylation sites (N-methyl/N-ethyl adjacent to an activating group) is 1. The molecule has 1 unspecified atom stereocenters. The summed E-state index contributed by atoms with van der Waals surface area (Å²) in [6, 6.07) is 0.